The van der Waals surface area contributed by atoms with Gasteiger partial charge in [0.05, 0.1) is 19.0 Å². The van der Waals surface area contributed by atoms with Crippen molar-refractivity contribution in [3.05, 3.63) is 40.9 Å². The Morgan fingerprint density at radius 2 is 2.30 bits per heavy atom. The third-order valence-electron chi connectivity index (χ3n) is 2.40. The van der Waals surface area contributed by atoms with Gasteiger partial charge in [0.15, 0.2) is 0 Å². The second-order valence-electron chi connectivity index (χ2n) is 3.82. The van der Waals surface area contributed by atoms with Gasteiger partial charge in [-0.05, 0) is 28.1 Å². The van der Waals surface area contributed by atoms with Crippen LogP contribution in [0.3, 0.4) is 0 Å². The Bertz CT molecular complexity index is 641. The number of hydrogen-bond acceptors (Lipinski definition) is 5. The van der Waals surface area contributed by atoms with E-state index in [4.69, 9.17) is 0 Å². The Balaban J connectivity index is 2.03. The van der Waals surface area contributed by atoms with Gasteiger partial charge < -0.3 is 10.1 Å². The fourth-order valence-corrected chi connectivity index (χ4v) is 1.82. The normalized spacial score (nSPS) is 10.1. The highest BCUT2D eigenvalue weighted by molar-refractivity contribution is 9.10. The zero-order valence-electron chi connectivity index (χ0n) is 10.5. The lowest BCUT2D eigenvalue weighted by Gasteiger charge is -2.02. The maximum atomic E-state index is 12.0. The molecule has 0 saturated carbocycles. The van der Waals surface area contributed by atoms with E-state index in [2.05, 4.69) is 36.1 Å². The molecule has 2 aromatic rings. The molecular weight excluding hydrogens is 328 g/mol. The smallest absolute Gasteiger partial charge is 0.327 e. The minimum atomic E-state index is -0.413. The van der Waals surface area contributed by atoms with Crippen LogP contribution in [0.1, 0.15) is 10.4 Å². The van der Waals surface area contributed by atoms with Gasteiger partial charge in [0, 0.05) is 18.0 Å². The number of halogens is 1. The predicted molar refractivity (Wildman–Crippen MR) is 74.1 cm³/mol. The summed E-state index contributed by atoms with van der Waals surface area (Å²) in [5.74, 6) is -0.699. The van der Waals surface area contributed by atoms with Gasteiger partial charge in [-0.2, -0.15) is 5.10 Å². The average molecular weight is 339 g/mol. The lowest BCUT2D eigenvalue weighted by molar-refractivity contribution is -0.141. The Labute approximate surface area is 123 Å². The van der Waals surface area contributed by atoms with Crippen LogP contribution in [0.5, 0.6) is 0 Å². The number of nitrogens with zero attached hydrogens (tertiary/aromatic N) is 3. The number of rotatable bonds is 4. The van der Waals surface area contributed by atoms with Gasteiger partial charge in [0.2, 0.25) is 0 Å². The van der Waals surface area contributed by atoms with Gasteiger partial charge in [-0.3, -0.25) is 14.3 Å². The van der Waals surface area contributed by atoms with Crippen molar-refractivity contribution in [3.8, 4) is 0 Å². The van der Waals surface area contributed by atoms with Gasteiger partial charge in [-0.25, -0.2) is 4.98 Å². The van der Waals surface area contributed by atoms with Crippen molar-refractivity contribution in [2.24, 2.45) is 0 Å². The number of pyridine rings is 1. The van der Waals surface area contributed by atoms with Gasteiger partial charge in [0.1, 0.15) is 11.1 Å². The van der Waals surface area contributed by atoms with E-state index in [9.17, 15) is 9.59 Å². The minimum Gasteiger partial charge on any atom is -0.468 e. The van der Waals surface area contributed by atoms with E-state index in [0.29, 0.717) is 15.9 Å². The van der Waals surface area contributed by atoms with E-state index in [1.54, 1.807) is 18.3 Å². The van der Waals surface area contributed by atoms with Crippen LogP contribution in [-0.2, 0) is 16.1 Å². The highest BCUT2D eigenvalue weighted by Crippen LogP contribution is 2.11. The highest BCUT2D eigenvalue weighted by Gasteiger charge is 2.09. The summed E-state index contributed by atoms with van der Waals surface area (Å²) in [6.07, 6.45) is 4.53. The van der Waals surface area contributed by atoms with Crippen molar-refractivity contribution in [1.29, 1.82) is 0 Å². The molecule has 0 aliphatic carbocycles. The van der Waals surface area contributed by atoms with Gasteiger partial charge in [0.25, 0.3) is 5.91 Å². The van der Waals surface area contributed by atoms with Crippen LogP contribution in [0.2, 0.25) is 0 Å². The molecule has 2 aromatic heterocycles. The van der Waals surface area contributed by atoms with Crippen LogP contribution >= 0.6 is 15.9 Å². The van der Waals surface area contributed by atoms with Crippen molar-refractivity contribution in [1.82, 2.24) is 14.8 Å². The lowest BCUT2D eigenvalue weighted by atomic mass is 10.2. The van der Waals surface area contributed by atoms with E-state index in [0.717, 1.165) is 0 Å². The van der Waals surface area contributed by atoms with Crippen LogP contribution in [-0.4, -0.2) is 33.8 Å². The Morgan fingerprint density at radius 1 is 1.50 bits per heavy atom. The Kier molecular flexibility index (Phi) is 4.46. The number of carbonyl (C=O) groups excluding carboxylic acids is 2. The summed E-state index contributed by atoms with van der Waals surface area (Å²) in [6, 6.07) is 3.20. The number of ether oxygens (including phenoxy) is 1. The second-order valence-corrected chi connectivity index (χ2v) is 4.64. The van der Waals surface area contributed by atoms with Crippen molar-refractivity contribution in [2.75, 3.05) is 12.4 Å². The molecule has 0 fully saturated rings. The first-order chi connectivity index (χ1) is 9.58. The van der Waals surface area contributed by atoms with Crippen LogP contribution in [0.25, 0.3) is 0 Å². The first-order valence-corrected chi connectivity index (χ1v) is 6.40. The fraction of sp³-hybridized carbons (Fsp3) is 0.167. The molecule has 8 heteroatoms. The molecule has 7 nitrogen and oxygen atoms in total. The molecule has 2 heterocycles. The number of anilines is 1. The predicted octanol–water partition coefficient (Wildman–Crippen LogP) is 1.47. The first-order valence-electron chi connectivity index (χ1n) is 5.60. The molecule has 0 atom stereocenters. The van der Waals surface area contributed by atoms with Crippen LogP contribution < -0.4 is 5.32 Å². The molecule has 1 N–H and O–H groups in total. The summed E-state index contributed by atoms with van der Waals surface area (Å²) >= 11 is 3.20. The molecule has 2 rings (SSSR count). The quantitative estimate of drug-likeness (QED) is 0.673. The number of esters is 1. The molecular formula is C12H11BrN4O3. The van der Waals surface area contributed by atoms with Gasteiger partial charge in [-0.15, -0.1) is 0 Å². The number of aromatic nitrogens is 3. The summed E-state index contributed by atoms with van der Waals surface area (Å²) in [6.45, 7) is -0.00677. The van der Waals surface area contributed by atoms with Crippen molar-refractivity contribution < 1.29 is 14.3 Å². The average Bonchev–Trinajstić information content (AvgIpc) is 2.85. The molecule has 0 bridgehead atoms. The molecule has 0 aliphatic heterocycles. The third-order valence-corrected chi connectivity index (χ3v) is 2.83. The molecule has 0 saturated heterocycles. The monoisotopic (exact) mass is 338 g/mol. The molecule has 0 spiro atoms. The van der Waals surface area contributed by atoms with E-state index in [1.165, 1.54) is 24.2 Å². The summed E-state index contributed by atoms with van der Waals surface area (Å²) in [5.41, 5.74) is 0.958. The van der Waals surface area contributed by atoms with Gasteiger partial charge in [-0.1, -0.05) is 0 Å². The minimum absolute atomic E-state index is 0.00677. The molecule has 20 heavy (non-hydrogen) atoms. The summed E-state index contributed by atoms with van der Waals surface area (Å²) < 4.78 is 6.48. The summed E-state index contributed by atoms with van der Waals surface area (Å²) in [7, 11) is 1.30. The third kappa shape index (κ3) is 3.64. The van der Waals surface area contributed by atoms with Crippen LogP contribution in [0.4, 0.5) is 5.69 Å². The fourth-order valence-electron chi connectivity index (χ4n) is 1.46. The van der Waals surface area contributed by atoms with E-state index >= 15 is 0 Å². The molecule has 104 valence electrons. The van der Waals surface area contributed by atoms with Crippen LogP contribution in [0, 0.1) is 0 Å². The number of nitrogens with one attached hydrogen (secondary N) is 1. The molecule has 0 radical (unpaired) electrons. The largest absolute Gasteiger partial charge is 0.468 e. The Hall–Kier alpha value is -2.22. The van der Waals surface area contributed by atoms with Crippen molar-refractivity contribution in [2.45, 2.75) is 6.54 Å². The van der Waals surface area contributed by atoms with Crippen LogP contribution in [0.15, 0.2) is 35.3 Å². The SMILES string of the molecule is COC(=O)Cn1cc(NC(=O)c2ccnc(Br)c2)cn1. The zero-order chi connectivity index (χ0) is 14.5. The molecule has 1 amide bonds. The standard InChI is InChI=1S/C12H11BrN4O3/c1-20-11(18)7-17-6-9(5-15-17)16-12(19)8-2-3-14-10(13)4-8/h2-6H,7H2,1H3,(H,16,19). The van der Waals surface area contributed by atoms with Gasteiger partial charge >= 0.3 is 5.97 Å². The lowest BCUT2D eigenvalue weighted by Crippen LogP contribution is -2.13. The van der Waals surface area contributed by atoms with E-state index in [1.807, 2.05) is 0 Å². The number of methoxy groups -OCH3 is 1. The topological polar surface area (TPSA) is 86.1 Å². The summed E-state index contributed by atoms with van der Waals surface area (Å²) in [4.78, 5) is 27.0. The van der Waals surface area contributed by atoms with Crippen molar-refractivity contribution >= 4 is 33.5 Å². The molecule has 0 aromatic carbocycles. The zero-order valence-corrected chi connectivity index (χ0v) is 12.1. The number of amides is 1. The van der Waals surface area contributed by atoms with E-state index < -0.39 is 5.97 Å². The number of carbonyl (C=O) groups is 2. The Morgan fingerprint density at radius 3 is 3.00 bits per heavy atom. The maximum absolute atomic E-state index is 12.0. The second kappa shape index (κ2) is 6.29. The maximum Gasteiger partial charge on any atom is 0.327 e. The highest BCUT2D eigenvalue weighted by atomic mass is 79.9. The summed E-state index contributed by atoms with van der Waals surface area (Å²) in [5, 5.41) is 6.62. The first kappa shape index (κ1) is 14.2. The van der Waals surface area contributed by atoms with E-state index in [-0.39, 0.29) is 12.5 Å². The molecule has 0 unspecified atom stereocenters. The molecule has 0 aliphatic rings. The number of hydrogen-bond donors (Lipinski definition) is 1. The van der Waals surface area contributed by atoms with Crippen molar-refractivity contribution in [3.63, 3.8) is 0 Å².